The Balaban J connectivity index is 1.81. The van der Waals surface area contributed by atoms with Crippen LogP contribution in [-0.4, -0.2) is 35.6 Å². The van der Waals surface area contributed by atoms with Gasteiger partial charge in [0.1, 0.15) is 11.4 Å². The highest BCUT2D eigenvalue weighted by atomic mass is 16.6. The zero-order chi connectivity index (χ0) is 16.3. The van der Waals surface area contributed by atoms with Gasteiger partial charge in [0.05, 0.1) is 12.2 Å². The molecule has 1 N–H and O–H groups in total. The Morgan fingerprint density at radius 2 is 2.18 bits per heavy atom. The Hall–Kier alpha value is -1.98. The van der Waals surface area contributed by atoms with Gasteiger partial charge in [-0.05, 0) is 40.2 Å². The van der Waals surface area contributed by atoms with Gasteiger partial charge < -0.3 is 19.4 Å². The average molecular weight is 308 g/mol. The highest BCUT2D eigenvalue weighted by Crippen LogP contribution is 2.20. The van der Waals surface area contributed by atoms with Gasteiger partial charge in [-0.1, -0.05) is 0 Å². The molecule has 6 heteroatoms. The van der Waals surface area contributed by atoms with E-state index in [-0.39, 0.29) is 17.9 Å². The van der Waals surface area contributed by atoms with Crippen molar-refractivity contribution in [1.82, 2.24) is 10.2 Å². The molecule has 0 bridgehead atoms. The van der Waals surface area contributed by atoms with Crippen LogP contribution in [0.4, 0.5) is 4.79 Å². The second-order valence-corrected chi connectivity index (χ2v) is 6.63. The van der Waals surface area contributed by atoms with Crippen LogP contribution in [0.5, 0.6) is 0 Å². The second kappa shape index (κ2) is 6.42. The van der Waals surface area contributed by atoms with Gasteiger partial charge in [-0.3, -0.25) is 4.79 Å². The lowest BCUT2D eigenvalue weighted by Crippen LogP contribution is -2.37. The summed E-state index contributed by atoms with van der Waals surface area (Å²) >= 11 is 0. The topological polar surface area (TPSA) is 71.8 Å². The normalized spacial score (nSPS) is 18.4. The smallest absolute Gasteiger partial charge is 0.410 e. The third-order valence-corrected chi connectivity index (χ3v) is 3.63. The van der Waals surface area contributed by atoms with E-state index >= 15 is 0 Å². The fourth-order valence-corrected chi connectivity index (χ4v) is 2.39. The van der Waals surface area contributed by atoms with E-state index in [1.54, 1.807) is 11.2 Å². The van der Waals surface area contributed by atoms with E-state index in [4.69, 9.17) is 9.15 Å². The molecule has 1 aliphatic rings. The molecular weight excluding hydrogens is 284 g/mol. The predicted molar refractivity (Wildman–Crippen MR) is 81.2 cm³/mol. The summed E-state index contributed by atoms with van der Waals surface area (Å²) < 4.78 is 10.5. The Morgan fingerprint density at radius 1 is 1.45 bits per heavy atom. The standard InChI is InChI=1S/C16H24N2O4/c1-11-12(6-8-21-11)9-17-14(19)13-5-7-18(10-13)15(20)22-16(2,3)4/h6,8,13H,5,7,9-10H2,1-4H3,(H,17,19)/t13-/m1/s1. The Morgan fingerprint density at radius 3 is 2.77 bits per heavy atom. The third kappa shape index (κ3) is 4.26. The Labute approximate surface area is 130 Å². The minimum Gasteiger partial charge on any atom is -0.469 e. The molecule has 0 radical (unpaired) electrons. The first-order chi connectivity index (χ1) is 10.3. The summed E-state index contributed by atoms with van der Waals surface area (Å²) in [6.45, 7) is 8.77. The number of carbonyl (C=O) groups is 2. The summed E-state index contributed by atoms with van der Waals surface area (Å²) in [4.78, 5) is 25.8. The number of aryl methyl sites for hydroxylation is 1. The molecule has 0 spiro atoms. The van der Waals surface area contributed by atoms with Gasteiger partial charge in [0, 0.05) is 25.2 Å². The summed E-state index contributed by atoms with van der Waals surface area (Å²) in [7, 11) is 0. The second-order valence-electron chi connectivity index (χ2n) is 6.63. The van der Waals surface area contributed by atoms with E-state index in [1.165, 1.54) is 0 Å². The van der Waals surface area contributed by atoms with Crippen molar-refractivity contribution in [3.63, 3.8) is 0 Å². The van der Waals surface area contributed by atoms with Gasteiger partial charge in [-0.15, -0.1) is 0 Å². The van der Waals surface area contributed by atoms with Crippen LogP contribution in [0.1, 0.15) is 38.5 Å². The van der Waals surface area contributed by atoms with Gasteiger partial charge in [0.15, 0.2) is 0 Å². The van der Waals surface area contributed by atoms with Crippen LogP contribution in [0.15, 0.2) is 16.7 Å². The van der Waals surface area contributed by atoms with Crippen molar-refractivity contribution in [2.45, 2.75) is 46.3 Å². The number of ether oxygens (including phenoxy) is 1. The van der Waals surface area contributed by atoms with Crippen LogP contribution in [0.25, 0.3) is 0 Å². The number of carbonyl (C=O) groups excluding carboxylic acids is 2. The summed E-state index contributed by atoms with van der Waals surface area (Å²) in [5.74, 6) is 0.591. The summed E-state index contributed by atoms with van der Waals surface area (Å²) in [5, 5.41) is 2.90. The first kappa shape index (κ1) is 16.4. The van der Waals surface area contributed by atoms with Crippen LogP contribution >= 0.6 is 0 Å². The van der Waals surface area contributed by atoms with E-state index in [0.717, 1.165) is 11.3 Å². The monoisotopic (exact) mass is 308 g/mol. The highest BCUT2D eigenvalue weighted by Gasteiger charge is 2.33. The SMILES string of the molecule is Cc1occc1CNC(=O)[C@@H]1CCN(C(=O)OC(C)(C)C)C1. The molecule has 6 nitrogen and oxygen atoms in total. The van der Waals surface area contributed by atoms with Crippen LogP contribution in [-0.2, 0) is 16.1 Å². The largest absolute Gasteiger partial charge is 0.469 e. The maximum absolute atomic E-state index is 12.2. The number of rotatable bonds is 3. The van der Waals surface area contributed by atoms with Crippen molar-refractivity contribution in [3.8, 4) is 0 Å². The number of amides is 2. The molecule has 1 atom stereocenters. The first-order valence-corrected chi connectivity index (χ1v) is 7.55. The van der Waals surface area contributed by atoms with E-state index in [2.05, 4.69) is 5.32 Å². The lowest BCUT2D eigenvalue weighted by atomic mass is 10.1. The first-order valence-electron chi connectivity index (χ1n) is 7.55. The van der Waals surface area contributed by atoms with Gasteiger partial charge in [-0.2, -0.15) is 0 Å². The number of nitrogens with zero attached hydrogens (tertiary/aromatic N) is 1. The summed E-state index contributed by atoms with van der Waals surface area (Å²) in [5.41, 5.74) is 0.450. The maximum atomic E-state index is 12.2. The van der Waals surface area contributed by atoms with Crippen LogP contribution < -0.4 is 5.32 Å². The summed E-state index contributed by atoms with van der Waals surface area (Å²) in [6, 6.07) is 1.84. The molecule has 122 valence electrons. The molecule has 0 aliphatic carbocycles. The van der Waals surface area contributed by atoms with Gasteiger partial charge in [-0.25, -0.2) is 4.79 Å². The molecule has 1 fully saturated rings. The molecule has 2 heterocycles. The Kier molecular flexibility index (Phi) is 4.78. The van der Waals surface area contributed by atoms with Crippen LogP contribution in [0.2, 0.25) is 0 Å². The molecule has 0 saturated carbocycles. The number of hydrogen-bond acceptors (Lipinski definition) is 4. The molecule has 0 aromatic carbocycles. The van der Waals surface area contributed by atoms with Crippen molar-refractivity contribution in [3.05, 3.63) is 23.7 Å². The molecule has 2 rings (SSSR count). The van der Waals surface area contributed by atoms with E-state index in [9.17, 15) is 9.59 Å². The van der Waals surface area contributed by atoms with Crippen molar-refractivity contribution >= 4 is 12.0 Å². The number of hydrogen-bond donors (Lipinski definition) is 1. The van der Waals surface area contributed by atoms with Crippen molar-refractivity contribution in [2.24, 2.45) is 5.92 Å². The molecule has 0 unspecified atom stereocenters. The van der Waals surface area contributed by atoms with Gasteiger partial charge in [0.2, 0.25) is 5.91 Å². The number of nitrogens with one attached hydrogen (secondary N) is 1. The number of likely N-dealkylation sites (tertiary alicyclic amines) is 1. The van der Waals surface area contributed by atoms with Crippen molar-refractivity contribution in [2.75, 3.05) is 13.1 Å². The zero-order valence-corrected chi connectivity index (χ0v) is 13.6. The van der Waals surface area contributed by atoms with Gasteiger partial charge in [0.25, 0.3) is 0 Å². The summed E-state index contributed by atoms with van der Waals surface area (Å²) in [6.07, 6.45) is 1.92. The molecule has 1 aliphatic heterocycles. The zero-order valence-electron chi connectivity index (χ0n) is 13.6. The van der Waals surface area contributed by atoms with E-state index in [0.29, 0.717) is 26.1 Å². The lowest BCUT2D eigenvalue weighted by Gasteiger charge is -2.24. The lowest BCUT2D eigenvalue weighted by molar-refractivity contribution is -0.124. The van der Waals surface area contributed by atoms with Gasteiger partial charge >= 0.3 is 6.09 Å². The number of furan rings is 1. The highest BCUT2D eigenvalue weighted by molar-refractivity contribution is 5.80. The molecule has 1 saturated heterocycles. The van der Waals surface area contributed by atoms with E-state index in [1.807, 2.05) is 33.8 Å². The molecular formula is C16H24N2O4. The molecule has 2 amide bonds. The molecule has 1 aromatic heterocycles. The third-order valence-electron chi connectivity index (χ3n) is 3.63. The minimum atomic E-state index is -0.518. The fraction of sp³-hybridized carbons (Fsp3) is 0.625. The van der Waals surface area contributed by atoms with Crippen molar-refractivity contribution < 1.29 is 18.7 Å². The molecule has 1 aromatic rings. The quantitative estimate of drug-likeness (QED) is 0.931. The Bertz CT molecular complexity index is 545. The van der Waals surface area contributed by atoms with Crippen molar-refractivity contribution in [1.29, 1.82) is 0 Å². The molecule has 22 heavy (non-hydrogen) atoms. The van der Waals surface area contributed by atoms with Crippen LogP contribution in [0, 0.1) is 12.8 Å². The van der Waals surface area contributed by atoms with Crippen LogP contribution in [0.3, 0.4) is 0 Å². The van der Waals surface area contributed by atoms with E-state index < -0.39 is 5.60 Å². The minimum absolute atomic E-state index is 0.0355. The average Bonchev–Trinajstić information content (AvgIpc) is 3.03. The maximum Gasteiger partial charge on any atom is 0.410 e. The predicted octanol–water partition coefficient (Wildman–Crippen LogP) is 2.46. The fourth-order valence-electron chi connectivity index (χ4n) is 2.39.